The molecule has 0 unspecified atom stereocenters. The standard InChI is InChI=1S/C25H26N4O2/c1-4-17-9-11-21-20(14-17)24(28-29-25(27-21)19-8-7-13-26-16-19)18-10-12-22(30-5-2)23(15-18)31-6-3/h7-16H,4-6H2,1-3H3,(H,27,29). The van der Waals surface area contributed by atoms with Crippen LogP contribution < -0.4 is 14.9 Å². The monoisotopic (exact) mass is 414 g/mol. The van der Waals surface area contributed by atoms with Gasteiger partial charge < -0.3 is 9.47 Å². The van der Waals surface area contributed by atoms with E-state index in [0.29, 0.717) is 24.8 Å². The molecule has 6 heteroatoms. The SMILES string of the molecule is CCOc1ccc(C2=NNC(c3cccnc3)=Nc3ccc(CC)cc32)cc1OCC. The van der Waals surface area contributed by atoms with Crippen molar-refractivity contribution in [3.63, 3.8) is 0 Å². The topological polar surface area (TPSA) is 68.1 Å². The third-order valence-electron chi connectivity index (χ3n) is 4.98. The molecule has 0 amide bonds. The highest BCUT2D eigenvalue weighted by Crippen LogP contribution is 2.32. The van der Waals surface area contributed by atoms with Gasteiger partial charge in [0.05, 0.1) is 18.9 Å². The Bertz CT molecular complexity index is 1120. The maximum absolute atomic E-state index is 5.84. The number of pyridine rings is 1. The van der Waals surface area contributed by atoms with Gasteiger partial charge in [-0.1, -0.05) is 13.0 Å². The van der Waals surface area contributed by atoms with Gasteiger partial charge in [0.2, 0.25) is 0 Å². The molecule has 0 atom stereocenters. The summed E-state index contributed by atoms with van der Waals surface area (Å²) in [6.07, 6.45) is 4.45. The number of hydrogen-bond acceptors (Lipinski definition) is 6. The minimum atomic E-state index is 0.555. The predicted octanol–water partition coefficient (Wildman–Crippen LogP) is 4.88. The number of aliphatic imine (C=N–C) groups is 1. The number of ether oxygens (including phenoxy) is 2. The van der Waals surface area contributed by atoms with Gasteiger partial charge in [-0.2, -0.15) is 5.10 Å². The van der Waals surface area contributed by atoms with Crippen molar-refractivity contribution in [3.05, 3.63) is 83.2 Å². The van der Waals surface area contributed by atoms with Crippen molar-refractivity contribution in [2.24, 2.45) is 10.1 Å². The van der Waals surface area contributed by atoms with E-state index in [1.807, 2.05) is 50.2 Å². The second-order valence-corrected chi connectivity index (χ2v) is 7.01. The normalized spacial score (nSPS) is 12.7. The first-order valence-electron chi connectivity index (χ1n) is 10.6. The van der Waals surface area contributed by atoms with Crippen LogP contribution in [0.25, 0.3) is 0 Å². The van der Waals surface area contributed by atoms with E-state index in [-0.39, 0.29) is 0 Å². The number of fused-ring (bicyclic) bond motifs is 1. The molecule has 1 aliphatic heterocycles. The zero-order valence-corrected chi connectivity index (χ0v) is 18.1. The molecule has 2 heterocycles. The zero-order valence-electron chi connectivity index (χ0n) is 18.1. The third kappa shape index (κ3) is 4.43. The highest BCUT2D eigenvalue weighted by molar-refractivity contribution is 6.18. The summed E-state index contributed by atoms with van der Waals surface area (Å²) in [6, 6.07) is 16.1. The molecule has 1 aliphatic rings. The molecule has 4 rings (SSSR count). The molecule has 1 N–H and O–H groups in total. The van der Waals surface area contributed by atoms with Crippen LogP contribution in [0.2, 0.25) is 0 Å². The van der Waals surface area contributed by atoms with E-state index >= 15 is 0 Å². The number of nitrogens with zero attached hydrogens (tertiary/aromatic N) is 3. The van der Waals surface area contributed by atoms with E-state index in [2.05, 4.69) is 29.5 Å². The summed E-state index contributed by atoms with van der Waals surface area (Å²) in [7, 11) is 0. The molecule has 1 aromatic heterocycles. The highest BCUT2D eigenvalue weighted by atomic mass is 16.5. The molecule has 0 aliphatic carbocycles. The summed E-state index contributed by atoms with van der Waals surface area (Å²) < 4.78 is 11.6. The van der Waals surface area contributed by atoms with Crippen LogP contribution >= 0.6 is 0 Å². The number of hydrazone groups is 1. The van der Waals surface area contributed by atoms with Crippen LogP contribution in [-0.4, -0.2) is 29.7 Å². The lowest BCUT2D eigenvalue weighted by Crippen LogP contribution is -2.19. The molecule has 0 radical (unpaired) electrons. The number of hydrogen-bond donors (Lipinski definition) is 1. The lowest BCUT2D eigenvalue weighted by molar-refractivity contribution is 0.287. The van der Waals surface area contributed by atoms with Crippen LogP contribution in [0.5, 0.6) is 11.5 Å². The van der Waals surface area contributed by atoms with Crippen LogP contribution in [0.4, 0.5) is 5.69 Å². The zero-order chi connectivity index (χ0) is 21.6. The summed E-state index contributed by atoms with van der Waals surface area (Å²) in [5.41, 5.74) is 8.80. The fraction of sp³-hybridized carbons (Fsp3) is 0.240. The van der Waals surface area contributed by atoms with E-state index in [9.17, 15) is 0 Å². The molecule has 0 saturated heterocycles. The van der Waals surface area contributed by atoms with Crippen LogP contribution in [0.1, 0.15) is 43.0 Å². The number of aryl methyl sites for hydroxylation is 1. The van der Waals surface area contributed by atoms with E-state index in [0.717, 1.165) is 40.3 Å². The minimum absolute atomic E-state index is 0.555. The quantitative estimate of drug-likeness (QED) is 0.599. The van der Waals surface area contributed by atoms with E-state index in [1.54, 1.807) is 12.4 Å². The molecule has 2 aromatic carbocycles. The molecule has 0 saturated carbocycles. The largest absolute Gasteiger partial charge is 0.490 e. The smallest absolute Gasteiger partial charge is 0.161 e. The Hall–Kier alpha value is -3.67. The maximum atomic E-state index is 5.84. The van der Waals surface area contributed by atoms with E-state index in [4.69, 9.17) is 19.6 Å². The molecule has 0 spiro atoms. The van der Waals surface area contributed by atoms with Gasteiger partial charge in [-0.3, -0.25) is 10.4 Å². The van der Waals surface area contributed by atoms with Gasteiger partial charge in [-0.15, -0.1) is 0 Å². The van der Waals surface area contributed by atoms with Crippen LogP contribution in [0.15, 0.2) is 71.0 Å². The number of amidine groups is 1. The summed E-state index contributed by atoms with van der Waals surface area (Å²) >= 11 is 0. The molecule has 3 aromatic rings. The number of aromatic nitrogens is 1. The van der Waals surface area contributed by atoms with Crippen LogP contribution in [-0.2, 0) is 6.42 Å². The van der Waals surface area contributed by atoms with Crippen molar-refractivity contribution < 1.29 is 9.47 Å². The first-order chi connectivity index (χ1) is 15.2. The number of benzene rings is 2. The van der Waals surface area contributed by atoms with Crippen molar-refractivity contribution in [2.75, 3.05) is 13.2 Å². The Morgan fingerprint density at radius 3 is 2.45 bits per heavy atom. The molecule has 0 bridgehead atoms. The third-order valence-corrected chi connectivity index (χ3v) is 4.98. The Balaban J connectivity index is 1.84. The molecular formula is C25H26N4O2. The van der Waals surface area contributed by atoms with Gasteiger partial charge in [-0.25, -0.2) is 4.99 Å². The number of rotatable bonds is 7. The van der Waals surface area contributed by atoms with Crippen molar-refractivity contribution >= 4 is 17.2 Å². The van der Waals surface area contributed by atoms with Crippen LogP contribution in [0, 0.1) is 0 Å². The average Bonchev–Trinajstić information content (AvgIpc) is 3.00. The molecular weight excluding hydrogens is 388 g/mol. The van der Waals surface area contributed by atoms with Gasteiger partial charge in [0.15, 0.2) is 17.3 Å². The van der Waals surface area contributed by atoms with Crippen molar-refractivity contribution in [2.45, 2.75) is 27.2 Å². The molecule has 158 valence electrons. The van der Waals surface area contributed by atoms with Gasteiger partial charge in [0.1, 0.15) is 5.71 Å². The fourth-order valence-electron chi connectivity index (χ4n) is 3.46. The summed E-state index contributed by atoms with van der Waals surface area (Å²) in [4.78, 5) is 9.07. The average molecular weight is 415 g/mol. The summed E-state index contributed by atoms with van der Waals surface area (Å²) in [6.45, 7) is 7.20. The Kier molecular flexibility index (Phi) is 6.26. The summed E-state index contributed by atoms with van der Waals surface area (Å²) in [5.74, 6) is 2.09. The summed E-state index contributed by atoms with van der Waals surface area (Å²) in [5, 5.41) is 4.76. The van der Waals surface area contributed by atoms with E-state index < -0.39 is 0 Å². The lowest BCUT2D eigenvalue weighted by atomic mass is 9.97. The van der Waals surface area contributed by atoms with Crippen molar-refractivity contribution in [3.8, 4) is 11.5 Å². The van der Waals surface area contributed by atoms with Crippen LogP contribution in [0.3, 0.4) is 0 Å². The molecule has 31 heavy (non-hydrogen) atoms. The first kappa shape index (κ1) is 20.6. The second kappa shape index (κ2) is 9.43. The maximum Gasteiger partial charge on any atom is 0.161 e. The molecule has 0 fully saturated rings. The van der Waals surface area contributed by atoms with Gasteiger partial charge >= 0.3 is 0 Å². The Morgan fingerprint density at radius 2 is 1.71 bits per heavy atom. The van der Waals surface area contributed by atoms with Gasteiger partial charge in [0, 0.05) is 29.1 Å². The Labute approximate surface area is 182 Å². The Morgan fingerprint density at radius 1 is 0.871 bits per heavy atom. The van der Waals surface area contributed by atoms with Gasteiger partial charge in [-0.05, 0) is 68.3 Å². The number of nitrogens with one attached hydrogen (secondary N) is 1. The van der Waals surface area contributed by atoms with Gasteiger partial charge in [0.25, 0.3) is 0 Å². The van der Waals surface area contributed by atoms with Crippen molar-refractivity contribution in [1.82, 2.24) is 10.4 Å². The minimum Gasteiger partial charge on any atom is -0.490 e. The highest BCUT2D eigenvalue weighted by Gasteiger charge is 2.19. The first-order valence-corrected chi connectivity index (χ1v) is 10.6. The fourth-order valence-corrected chi connectivity index (χ4v) is 3.46. The van der Waals surface area contributed by atoms with Crippen molar-refractivity contribution in [1.29, 1.82) is 0 Å². The molecule has 6 nitrogen and oxygen atoms in total. The van der Waals surface area contributed by atoms with E-state index in [1.165, 1.54) is 5.56 Å². The predicted molar refractivity (Wildman–Crippen MR) is 124 cm³/mol. The second-order valence-electron chi connectivity index (χ2n) is 7.01. The lowest BCUT2D eigenvalue weighted by Gasteiger charge is -2.14.